The molecule has 0 saturated carbocycles. The maximum Gasteiger partial charge on any atom is 0.332 e. The van der Waals surface area contributed by atoms with E-state index in [2.05, 4.69) is 0 Å². The molecule has 0 aromatic carbocycles. The van der Waals surface area contributed by atoms with E-state index >= 15 is 0 Å². The van der Waals surface area contributed by atoms with E-state index in [1.165, 1.54) is 14.1 Å². The van der Waals surface area contributed by atoms with Gasteiger partial charge in [0.15, 0.2) is 5.78 Å². The van der Waals surface area contributed by atoms with E-state index in [0.29, 0.717) is 13.1 Å². The molecule has 3 atom stereocenters. The fourth-order valence-corrected chi connectivity index (χ4v) is 3.00. The Balaban J connectivity index is 2.41. The van der Waals surface area contributed by atoms with Crippen LogP contribution in [0.15, 0.2) is 9.59 Å². The number of ketones is 1. The van der Waals surface area contributed by atoms with E-state index in [1.54, 1.807) is 6.92 Å². The average Bonchev–Trinajstić information content (AvgIpc) is 2.49. The molecule has 1 fully saturated rings. The summed E-state index contributed by atoms with van der Waals surface area (Å²) in [6, 6.07) is -0.517. The van der Waals surface area contributed by atoms with Gasteiger partial charge in [-0.25, -0.2) is 4.79 Å². The van der Waals surface area contributed by atoms with Crippen LogP contribution >= 0.6 is 0 Å². The lowest BCUT2D eigenvalue weighted by Crippen LogP contribution is -2.53. The highest BCUT2D eigenvalue weighted by molar-refractivity contribution is 6.03. The summed E-state index contributed by atoms with van der Waals surface area (Å²) < 4.78 is 7.69. The molecule has 0 bridgehead atoms. The van der Waals surface area contributed by atoms with Crippen LogP contribution in [-0.2, 0) is 18.8 Å². The minimum atomic E-state index is -0.656. The predicted molar refractivity (Wildman–Crippen MR) is 86.7 cm³/mol. The van der Waals surface area contributed by atoms with Crippen LogP contribution in [-0.4, -0.2) is 51.2 Å². The van der Waals surface area contributed by atoms with Gasteiger partial charge in [0.05, 0.1) is 18.2 Å². The number of carbonyl (C=O) groups excluding carboxylic acids is 1. The van der Waals surface area contributed by atoms with Crippen molar-refractivity contribution in [1.82, 2.24) is 14.0 Å². The first-order valence-corrected chi connectivity index (χ1v) is 7.64. The molecule has 0 aliphatic carbocycles. The highest BCUT2D eigenvalue weighted by Crippen LogP contribution is 2.17. The molecule has 1 aliphatic rings. The SMILES string of the molecule is C[C@@H]1CN([C@@H](C)C(=O)c2c(N)n(C)c(=O)n(C)c2=O)C[C@H](C)O1. The Bertz CT molecular complexity index is 726. The number of ether oxygens (including phenoxy) is 1. The smallest absolute Gasteiger partial charge is 0.332 e. The second kappa shape index (κ2) is 6.29. The summed E-state index contributed by atoms with van der Waals surface area (Å²) in [6.45, 7) is 6.84. The molecule has 8 nitrogen and oxygen atoms in total. The van der Waals surface area contributed by atoms with Crippen LogP contribution in [0.25, 0.3) is 0 Å². The third kappa shape index (κ3) is 3.09. The van der Waals surface area contributed by atoms with Crippen LogP contribution in [0.1, 0.15) is 31.1 Å². The molecule has 2 rings (SSSR count). The van der Waals surface area contributed by atoms with Crippen molar-refractivity contribution >= 4 is 11.6 Å². The van der Waals surface area contributed by atoms with Gasteiger partial charge in [-0.1, -0.05) is 0 Å². The Morgan fingerprint density at radius 1 is 1.17 bits per heavy atom. The second-order valence-electron chi connectivity index (χ2n) is 6.22. The van der Waals surface area contributed by atoms with Gasteiger partial charge < -0.3 is 10.5 Å². The molecule has 2 N–H and O–H groups in total. The number of morpholine rings is 1. The van der Waals surface area contributed by atoms with Crippen molar-refractivity contribution in [2.75, 3.05) is 18.8 Å². The van der Waals surface area contributed by atoms with E-state index in [4.69, 9.17) is 10.5 Å². The zero-order valence-corrected chi connectivity index (χ0v) is 14.2. The summed E-state index contributed by atoms with van der Waals surface area (Å²) in [6.07, 6.45) is 0.0172. The van der Waals surface area contributed by atoms with Crippen molar-refractivity contribution in [3.8, 4) is 0 Å². The lowest BCUT2D eigenvalue weighted by Gasteiger charge is -2.38. The first kappa shape index (κ1) is 17.4. The van der Waals surface area contributed by atoms with E-state index in [-0.39, 0.29) is 29.4 Å². The monoisotopic (exact) mass is 324 g/mol. The second-order valence-corrected chi connectivity index (χ2v) is 6.22. The van der Waals surface area contributed by atoms with Gasteiger partial charge in [0.1, 0.15) is 11.4 Å². The van der Waals surface area contributed by atoms with Crippen molar-refractivity contribution in [3.05, 3.63) is 26.4 Å². The van der Waals surface area contributed by atoms with Crippen LogP contribution in [0, 0.1) is 0 Å². The number of carbonyl (C=O) groups is 1. The summed E-state index contributed by atoms with van der Waals surface area (Å²) in [5.74, 6) is -0.468. The fourth-order valence-electron chi connectivity index (χ4n) is 3.00. The number of rotatable bonds is 3. The molecule has 0 radical (unpaired) electrons. The molecule has 23 heavy (non-hydrogen) atoms. The van der Waals surface area contributed by atoms with Gasteiger partial charge in [-0.05, 0) is 20.8 Å². The molecular formula is C15H24N4O4. The van der Waals surface area contributed by atoms with Gasteiger partial charge in [0.2, 0.25) is 0 Å². The minimum absolute atomic E-state index is 0.00862. The Morgan fingerprint density at radius 3 is 2.22 bits per heavy atom. The zero-order chi connectivity index (χ0) is 17.5. The number of aromatic nitrogens is 2. The number of hydrogen-bond donors (Lipinski definition) is 1. The summed E-state index contributed by atoms with van der Waals surface area (Å²) in [4.78, 5) is 39.0. The Kier molecular flexibility index (Phi) is 4.76. The van der Waals surface area contributed by atoms with Gasteiger partial charge in [-0.3, -0.25) is 23.6 Å². The average molecular weight is 324 g/mol. The number of nitrogens with zero attached hydrogens (tertiary/aromatic N) is 3. The van der Waals surface area contributed by atoms with Crippen LogP contribution in [0.3, 0.4) is 0 Å². The first-order chi connectivity index (χ1) is 10.6. The summed E-state index contributed by atoms with van der Waals surface area (Å²) in [5, 5.41) is 0. The summed E-state index contributed by atoms with van der Waals surface area (Å²) >= 11 is 0. The maximum atomic E-state index is 12.8. The molecule has 2 heterocycles. The molecule has 1 aromatic rings. The standard InChI is InChI=1S/C15H24N4O4/c1-8-6-19(7-9(2)23-8)10(3)12(20)11-13(16)17(4)15(22)18(5)14(11)21/h8-10H,6-7,16H2,1-5H3/t8-,9+,10-/m0/s1. The fraction of sp³-hybridized carbons (Fsp3) is 0.667. The van der Waals surface area contributed by atoms with Gasteiger partial charge in [0, 0.05) is 27.2 Å². The van der Waals surface area contributed by atoms with Gasteiger partial charge in [-0.15, -0.1) is 0 Å². The van der Waals surface area contributed by atoms with E-state index in [1.807, 2.05) is 18.7 Å². The van der Waals surface area contributed by atoms with Crippen LogP contribution in [0.4, 0.5) is 5.82 Å². The van der Waals surface area contributed by atoms with Gasteiger partial charge in [-0.2, -0.15) is 0 Å². The lowest BCUT2D eigenvalue weighted by molar-refractivity contribution is -0.0744. The largest absolute Gasteiger partial charge is 0.384 e. The molecule has 1 aliphatic heterocycles. The molecule has 0 unspecified atom stereocenters. The van der Waals surface area contributed by atoms with Gasteiger partial charge in [0.25, 0.3) is 5.56 Å². The quantitative estimate of drug-likeness (QED) is 0.742. The van der Waals surface area contributed by atoms with E-state index in [9.17, 15) is 14.4 Å². The summed E-state index contributed by atoms with van der Waals surface area (Å²) in [7, 11) is 2.78. The minimum Gasteiger partial charge on any atom is -0.384 e. The molecule has 0 amide bonds. The third-order valence-corrected chi connectivity index (χ3v) is 4.33. The maximum absolute atomic E-state index is 12.8. The number of nitrogen functional groups attached to an aromatic ring is 1. The van der Waals surface area contributed by atoms with Gasteiger partial charge >= 0.3 is 5.69 Å². The highest BCUT2D eigenvalue weighted by atomic mass is 16.5. The summed E-state index contributed by atoms with van der Waals surface area (Å²) in [5.41, 5.74) is 4.52. The molecule has 128 valence electrons. The normalized spacial score (nSPS) is 23.7. The molecule has 1 saturated heterocycles. The lowest BCUT2D eigenvalue weighted by atomic mass is 10.0. The topological polar surface area (TPSA) is 99.6 Å². The zero-order valence-electron chi connectivity index (χ0n) is 14.2. The van der Waals surface area contributed by atoms with E-state index < -0.39 is 17.3 Å². The molecule has 0 spiro atoms. The molecular weight excluding hydrogens is 300 g/mol. The van der Waals surface area contributed by atoms with Crippen LogP contribution in [0.2, 0.25) is 0 Å². The number of Topliss-reactive ketones (excluding diaryl/α,β-unsaturated/α-hetero) is 1. The Labute approximate surface area is 134 Å². The third-order valence-electron chi connectivity index (χ3n) is 4.33. The predicted octanol–water partition coefficient (Wildman–Crippen LogP) is -0.653. The highest BCUT2D eigenvalue weighted by Gasteiger charge is 2.32. The van der Waals surface area contributed by atoms with Crippen molar-refractivity contribution in [1.29, 1.82) is 0 Å². The molecule has 1 aromatic heterocycles. The molecule has 8 heteroatoms. The van der Waals surface area contributed by atoms with Crippen molar-refractivity contribution in [2.45, 2.75) is 39.0 Å². The van der Waals surface area contributed by atoms with E-state index in [0.717, 1.165) is 9.13 Å². The number of hydrogen-bond acceptors (Lipinski definition) is 6. The van der Waals surface area contributed by atoms with Crippen molar-refractivity contribution in [3.63, 3.8) is 0 Å². The Morgan fingerprint density at radius 2 is 1.70 bits per heavy atom. The Hall–Kier alpha value is -1.93. The van der Waals surface area contributed by atoms with Crippen LogP contribution < -0.4 is 17.0 Å². The number of nitrogens with two attached hydrogens (primary N) is 1. The van der Waals surface area contributed by atoms with Crippen LogP contribution in [0.5, 0.6) is 0 Å². The first-order valence-electron chi connectivity index (χ1n) is 7.64. The number of anilines is 1. The van der Waals surface area contributed by atoms with Crippen molar-refractivity contribution in [2.24, 2.45) is 14.1 Å². The van der Waals surface area contributed by atoms with Crippen molar-refractivity contribution < 1.29 is 9.53 Å².